The van der Waals surface area contributed by atoms with E-state index >= 15 is 0 Å². The third-order valence-corrected chi connectivity index (χ3v) is 7.37. The summed E-state index contributed by atoms with van der Waals surface area (Å²) in [7, 11) is 1.58. The number of aliphatic hydroxyl groups is 5. The van der Waals surface area contributed by atoms with Crippen molar-refractivity contribution in [1.29, 1.82) is 0 Å². The van der Waals surface area contributed by atoms with Gasteiger partial charge in [0.25, 0.3) is 5.91 Å². The highest BCUT2D eigenvalue weighted by Crippen LogP contribution is 2.29. The van der Waals surface area contributed by atoms with Gasteiger partial charge in [0.05, 0.1) is 19.3 Å². The van der Waals surface area contributed by atoms with E-state index in [0.29, 0.717) is 24.5 Å². The van der Waals surface area contributed by atoms with Crippen LogP contribution >= 0.6 is 0 Å². The lowest BCUT2D eigenvalue weighted by Crippen LogP contribution is -2.63. The maximum Gasteiger partial charge on any atom is 0.251 e. The number of rotatable bonds is 14. The summed E-state index contributed by atoms with van der Waals surface area (Å²) in [6, 6.07) is 6.98. The van der Waals surface area contributed by atoms with Gasteiger partial charge in [-0.1, -0.05) is 25.7 Å². The highest BCUT2D eigenvalue weighted by molar-refractivity contribution is 5.94. The molecule has 0 saturated carbocycles. The average Bonchev–Trinajstić information content (AvgIpc) is 2.95. The fourth-order valence-electron chi connectivity index (χ4n) is 4.76. The summed E-state index contributed by atoms with van der Waals surface area (Å²) in [5.74, 6) is 0.606. The average molecular weight is 572 g/mol. The molecule has 0 aliphatic carbocycles. The first kappa shape index (κ1) is 32.6. The van der Waals surface area contributed by atoms with E-state index in [1.54, 1.807) is 38.3 Å². The second-order valence-corrected chi connectivity index (χ2v) is 10.4. The largest absolute Gasteiger partial charge is 0.497 e. The van der Waals surface area contributed by atoms with Crippen LogP contribution in [0.15, 0.2) is 24.3 Å². The molecular weight excluding hydrogens is 526 g/mol. The molecule has 1 amide bonds. The first-order valence-electron chi connectivity index (χ1n) is 14.0. The van der Waals surface area contributed by atoms with Crippen LogP contribution in [-0.4, -0.2) is 113 Å². The Morgan fingerprint density at radius 2 is 1.38 bits per heavy atom. The summed E-state index contributed by atoms with van der Waals surface area (Å²) >= 11 is 0. The van der Waals surface area contributed by atoms with Crippen LogP contribution < -0.4 is 10.1 Å². The second-order valence-electron chi connectivity index (χ2n) is 10.4. The fraction of sp³-hybridized carbons (Fsp3) is 0.750. The van der Waals surface area contributed by atoms with Gasteiger partial charge in [-0.2, -0.15) is 0 Å². The number of hydrogen-bond donors (Lipinski definition) is 6. The van der Waals surface area contributed by atoms with Gasteiger partial charge in [0.15, 0.2) is 12.6 Å². The van der Waals surface area contributed by atoms with Crippen LogP contribution in [0.3, 0.4) is 0 Å². The molecule has 40 heavy (non-hydrogen) atoms. The van der Waals surface area contributed by atoms with Crippen LogP contribution in [0, 0.1) is 0 Å². The van der Waals surface area contributed by atoms with Crippen molar-refractivity contribution in [3.8, 4) is 5.75 Å². The molecule has 1 aromatic rings. The SMILES string of the molecule is COc1ccc(C(=O)NCCCCCCCCO[C@@H]2O[C@@H](C)[C@H](O)[C@@H](O[C@@H]3O[C@@H](C)[C@H](O)[C@@H](O)[C@H]3O)[C@H]2O)cc1. The van der Waals surface area contributed by atoms with Crippen molar-refractivity contribution < 1.29 is 54.0 Å². The lowest BCUT2D eigenvalue weighted by atomic mass is 9.97. The monoisotopic (exact) mass is 571 g/mol. The van der Waals surface area contributed by atoms with Gasteiger partial charge in [0.1, 0.15) is 42.4 Å². The molecule has 3 rings (SSSR count). The molecule has 2 saturated heterocycles. The Kier molecular flexibility index (Phi) is 13.0. The molecule has 12 nitrogen and oxygen atoms in total. The molecule has 228 valence electrons. The lowest BCUT2D eigenvalue weighted by Gasteiger charge is -2.45. The van der Waals surface area contributed by atoms with Gasteiger partial charge in [-0.25, -0.2) is 0 Å². The summed E-state index contributed by atoms with van der Waals surface area (Å²) in [5.41, 5.74) is 0.600. The fourth-order valence-corrected chi connectivity index (χ4v) is 4.76. The molecule has 1 aromatic carbocycles. The molecule has 6 N–H and O–H groups in total. The third kappa shape index (κ3) is 8.81. The molecule has 0 spiro atoms. The predicted octanol–water partition coefficient (Wildman–Crippen LogP) is 0.462. The van der Waals surface area contributed by atoms with Crippen molar-refractivity contribution in [2.45, 2.75) is 114 Å². The third-order valence-electron chi connectivity index (χ3n) is 7.37. The van der Waals surface area contributed by atoms with Gasteiger partial charge in [0.2, 0.25) is 0 Å². The number of carbonyl (C=O) groups is 1. The lowest BCUT2D eigenvalue weighted by molar-refractivity contribution is -0.354. The summed E-state index contributed by atoms with van der Waals surface area (Å²) in [6.07, 6.45) is -6.55. The number of hydrogen-bond acceptors (Lipinski definition) is 11. The second kappa shape index (κ2) is 15.9. The normalized spacial score (nSPS) is 34.4. The Bertz CT molecular complexity index is 888. The molecule has 0 bridgehead atoms. The van der Waals surface area contributed by atoms with E-state index in [-0.39, 0.29) is 5.91 Å². The summed E-state index contributed by atoms with van der Waals surface area (Å²) in [6.45, 7) is 4.07. The Labute approximate surface area is 235 Å². The predicted molar refractivity (Wildman–Crippen MR) is 143 cm³/mol. The van der Waals surface area contributed by atoms with E-state index in [2.05, 4.69) is 5.32 Å². The minimum absolute atomic E-state index is 0.102. The van der Waals surface area contributed by atoms with Crippen molar-refractivity contribution in [1.82, 2.24) is 5.32 Å². The van der Waals surface area contributed by atoms with E-state index in [1.807, 2.05) is 0 Å². The smallest absolute Gasteiger partial charge is 0.251 e. The maximum atomic E-state index is 12.2. The Morgan fingerprint density at radius 3 is 2.05 bits per heavy atom. The quantitative estimate of drug-likeness (QED) is 0.171. The van der Waals surface area contributed by atoms with Gasteiger partial charge in [0, 0.05) is 18.7 Å². The zero-order valence-corrected chi connectivity index (χ0v) is 23.4. The van der Waals surface area contributed by atoms with E-state index in [4.69, 9.17) is 23.7 Å². The highest BCUT2D eigenvalue weighted by atomic mass is 16.7. The molecule has 10 atom stereocenters. The summed E-state index contributed by atoms with van der Waals surface area (Å²) < 4.78 is 27.6. The minimum atomic E-state index is -1.56. The highest BCUT2D eigenvalue weighted by Gasteiger charge is 2.49. The number of amides is 1. The molecule has 2 aliphatic heterocycles. The Balaban J connectivity index is 1.29. The molecule has 2 aliphatic rings. The standard InChI is InChI=1S/C28H45NO11/c1-16-20(30)22(32)23(33)28(39-16)40-25-21(31)17(2)38-27(24(25)34)37-15-9-7-5-4-6-8-14-29-26(35)18-10-12-19(36-3)13-11-18/h10-13,16-17,20-25,27-28,30-34H,4-9,14-15H2,1-3H3,(H,29,35)/t16-,17-,20-,21-,22+,23+,24+,25+,27+,28-/m0/s1. The van der Waals surface area contributed by atoms with Crippen molar-refractivity contribution in [2.24, 2.45) is 0 Å². The summed E-state index contributed by atoms with van der Waals surface area (Å²) in [4.78, 5) is 12.2. The number of methoxy groups -OCH3 is 1. The molecule has 0 radical (unpaired) electrons. The van der Waals surface area contributed by atoms with E-state index in [1.165, 1.54) is 6.92 Å². The zero-order valence-electron chi connectivity index (χ0n) is 23.4. The maximum absolute atomic E-state index is 12.2. The van der Waals surface area contributed by atoms with Gasteiger partial charge >= 0.3 is 0 Å². The molecule has 2 fully saturated rings. The van der Waals surface area contributed by atoms with E-state index in [0.717, 1.165) is 38.5 Å². The molecule has 2 heterocycles. The van der Waals surface area contributed by atoms with E-state index in [9.17, 15) is 30.3 Å². The number of benzene rings is 1. The first-order valence-corrected chi connectivity index (χ1v) is 14.0. The summed E-state index contributed by atoms with van der Waals surface area (Å²) in [5, 5.41) is 54.3. The van der Waals surface area contributed by atoms with Crippen LogP contribution in [-0.2, 0) is 18.9 Å². The Morgan fingerprint density at radius 1 is 0.775 bits per heavy atom. The van der Waals surface area contributed by atoms with Gasteiger partial charge < -0.3 is 54.5 Å². The number of unbranched alkanes of at least 4 members (excludes halogenated alkanes) is 5. The molecule has 0 aromatic heterocycles. The van der Waals surface area contributed by atoms with Gasteiger partial charge in [-0.05, 0) is 51.0 Å². The Hall–Kier alpha value is -1.87. The van der Waals surface area contributed by atoms with Crippen LogP contribution in [0.5, 0.6) is 5.75 Å². The van der Waals surface area contributed by atoms with Crippen LogP contribution in [0.1, 0.15) is 62.7 Å². The molecule has 12 heteroatoms. The number of aliphatic hydroxyl groups excluding tert-OH is 5. The van der Waals surface area contributed by atoms with Gasteiger partial charge in [-0.3, -0.25) is 4.79 Å². The van der Waals surface area contributed by atoms with Crippen LogP contribution in [0.25, 0.3) is 0 Å². The number of nitrogens with one attached hydrogen (secondary N) is 1. The van der Waals surface area contributed by atoms with Crippen molar-refractivity contribution in [3.05, 3.63) is 29.8 Å². The van der Waals surface area contributed by atoms with Crippen molar-refractivity contribution >= 4 is 5.91 Å². The van der Waals surface area contributed by atoms with Crippen molar-refractivity contribution in [2.75, 3.05) is 20.3 Å². The molecular formula is C28H45NO11. The van der Waals surface area contributed by atoms with Crippen LogP contribution in [0.2, 0.25) is 0 Å². The van der Waals surface area contributed by atoms with Crippen molar-refractivity contribution in [3.63, 3.8) is 0 Å². The van der Waals surface area contributed by atoms with Gasteiger partial charge in [-0.15, -0.1) is 0 Å². The minimum Gasteiger partial charge on any atom is -0.497 e. The topological polar surface area (TPSA) is 176 Å². The molecule has 0 unspecified atom stereocenters. The van der Waals surface area contributed by atoms with E-state index < -0.39 is 61.4 Å². The number of carbonyl (C=O) groups excluding carboxylic acids is 1. The number of ether oxygens (including phenoxy) is 5. The first-order chi connectivity index (χ1) is 19.1. The van der Waals surface area contributed by atoms with Crippen LogP contribution in [0.4, 0.5) is 0 Å². The zero-order chi connectivity index (χ0) is 29.2.